The standard InChI is InChI=1S/C24H18N2O5/c1-14-17(24(30)31)8-5-9-20(14)25-21(27)16-10-11-18-19(12-16)23(29)26(22(18)28)13-15-6-3-2-4-7-15/h2-12H,13H2,1H3,(H,25,27)(H,30,31)/p-1. The molecular weight excluding hydrogens is 396 g/mol. The highest BCUT2D eigenvalue weighted by Gasteiger charge is 2.36. The van der Waals surface area contributed by atoms with Gasteiger partial charge in [0.1, 0.15) is 0 Å². The molecule has 7 heteroatoms. The molecule has 0 saturated heterocycles. The lowest BCUT2D eigenvalue weighted by molar-refractivity contribution is -0.255. The van der Waals surface area contributed by atoms with Crippen molar-refractivity contribution in [2.75, 3.05) is 5.32 Å². The maximum atomic E-state index is 12.8. The zero-order chi connectivity index (χ0) is 22.1. The number of benzene rings is 3. The first kappa shape index (κ1) is 20.0. The predicted molar refractivity (Wildman–Crippen MR) is 111 cm³/mol. The Morgan fingerprint density at radius 2 is 1.61 bits per heavy atom. The van der Waals surface area contributed by atoms with Crippen LogP contribution in [0.25, 0.3) is 0 Å². The highest BCUT2D eigenvalue weighted by Crippen LogP contribution is 2.26. The number of rotatable bonds is 5. The number of amides is 3. The Balaban J connectivity index is 1.58. The molecule has 4 rings (SSSR count). The summed E-state index contributed by atoms with van der Waals surface area (Å²) in [5.41, 5.74) is 2.06. The van der Waals surface area contributed by atoms with E-state index in [9.17, 15) is 24.3 Å². The number of fused-ring (bicyclic) bond motifs is 1. The number of carboxylic acids is 1. The molecule has 0 spiro atoms. The molecule has 31 heavy (non-hydrogen) atoms. The second-order valence-electron chi connectivity index (χ2n) is 7.16. The van der Waals surface area contributed by atoms with Crippen LogP contribution in [0, 0.1) is 6.92 Å². The van der Waals surface area contributed by atoms with Gasteiger partial charge < -0.3 is 15.2 Å². The van der Waals surface area contributed by atoms with E-state index in [1.165, 1.54) is 30.3 Å². The lowest BCUT2D eigenvalue weighted by atomic mass is 10.0. The topological polar surface area (TPSA) is 107 Å². The number of nitrogens with one attached hydrogen (secondary N) is 1. The Hall–Kier alpha value is -4.26. The number of carbonyl (C=O) groups is 4. The van der Waals surface area contributed by atoms with Crippen molar-refractivity contribution in [1.29, 1.82) is 0 Å². The van der Waals surface area contributed by atoms with Crippen LogP contribution in [0.5, 0.6) is 0 Å². The average Bonchev–Trinajstić information content (AvgIpc) is 3.00. The number of imide groups is 1. The molecule has 154 valence electrons. The Labute approximate surface area is 177 Å². The highest BCUT2D eigenvalue weighted by atomic mass is 16.4. The van der Waals surface area contributed by atoms with Crippen molar-refractivity contribution in [3.05, 3.63) is 100 Å². The normalized spacial score (nSPS) is 12.6. The van der Waals surface area contributed by atoms with E-state index < -0.39 is 23.7 Å². The average molecular weight is 413 g/mol. The molecule has 0 atom stereocenters. The van der Waals surface area contributed by atoms with Crippen LogP contribution in [0.15, 0.2) is 66.7 Å². The van der Waals surface area contributed by atoms with E-state index in [-0.39, 0.29) is 28.8 Å². The van der Waals surface area contributed by atoms with Gasteiger partial charge in [-0.25, -0.2) is 0 Å². The Kier molecular flexibility index (Phi) is 5.09. The maximum absolute atomic E-state index is 12.8. The van der Waals surface area contributed by atoms with Crippen LogP contribution < -0.4 is 10.4 Å². The van der Waals surface area contributed by atoms with Crippen LogP contribution in [0.3, 0.4) is 0 Å². The Bertz CT molecular complexity index is 1230. The molecule has 1 N–H and O–H groups in total. The van der Waals surface area contributed by atoms with Gasteiger partial charge in [-0.2, -0.15) is 0 Å². The quantitative estimate of drug-likeness (QED) is 0.647. The fourth-order valence-corrected chi connectivity index (χ4v) is 3.53. The fraction of sp³-hybridized carbons (Fsp3) is 0.0833. The van der Waals surface area contributed by atoms with Gasteiger partial charge in [0.25, 0.3) is 17.7 Å². The molecular formula is C24H17N2O5-. The lowest BCUT2D eigenvalue weighted by Crippen LogP contribution is -2.29. The van der Waals surface area contributed by atoms with Crippen LogP contribution >= 0.6 is 0 Å². The van der Waals surface area contributed by atoms with Crippen molar-refractivity contribution < 1.29 is 24.3 Å². The summed E-state index contributed by atoms with van der Waals surface area (Å²) < 4.78 is 0. The number of anilines is 1. The Morgan fingerprint density at radius 3 is 2.32 bits per heavy atom. The molecule has 7 nitrogen and oxygen atoms in total. The SMILES string of the molecule is Cc1c(NC(=O)c2ccc3c(c2)C(=O)N(Cc2ccccc2)C3=O)cccc1C(=O)[O-]. The van der Waals surface area contributed by atoms with Crippen molar-refractivity contribution in [3.63, 3.8) is 0 Å². The van der Waals surface area contributed by atoms with E-state index >= 15 is 0 Å². The molecule has 0 unspecified atom stereocenters. The van der Waals surface area contributed by atoms with Gasteiger partial charge in [0, 0.05) is 16.8 Å². The third-order valence-corrected chi connectivity index (χ3v) is 5.22. The molecule has 0 radical (unpaired) electrons. The van der Waals surface area contributed by atoms with Crippen LogP contribution in [-0.4, -0.2) is 28.6 Å². The van der Waals surface area contributed by atoms with Gasteiger partial charge in [-0.3, -0.25) is 19.3 Å². The number of hydrogen-bond acceptors (Lipinski definition) is 5. The number of carbonyl (C=O) groups excluding carboxylic acids is 4. The summed E-state index contributed by atoms with van der Waals surface area (Å²) in [5.74, 6) is -2.74. The maximum Gasteiger partial charge on any atom is 0.261 e. The van der Waals surface area contributed by atoms with E-state index in [4.69, 9.17) is 0 Å². The van der Waals surface area contributed by atoms with Crippen molar-refractivity contribution in [2.24, 2.45) is 0 Å². The summed E-state index contributed by atoms with van der Waals surface area (Å²) in [6, 6.07) is 17.9. The van der Waals surface area contributed by atoms with E-state index in [0.717, 1.165) is 10.5 Å². The molecule has 0 aliphatic carbocycles. The first-order valence-electron chi connectivity index (χ1n) is 9.53. The summed E-state index contributed by atoms with van der Waals surface area (Å²) in [5, 5.41) is 13.8. The Morgan fingerprint density at radius 1 is 0.903 bits per heavy atom. The van der Waals surface area contributed by atoms with Crippen LogP contribution in [0.4, 0.5) is 5.69 Å². The van der Waals surface area contributed by atoms with Crippen molar-refractivity contribution in [2.45, 2.75) is 13.5 Å². The first-order valence-corrected chi connectivity index (χ1v) is 9.53. The minimum atomic E-state index is -1.34. The zero-order valence-corrected chi connectivity index (χ0v) is 16.5. The van der Waals surface area contributed by atoms with E-state index in [0.29, 0.717) is 11.3 Å². The van der Waals surface area contributed by atoms with Gasteiger partial charge in [0.05, 0.1) is 23.6 Å². The van der Waals surface area contributed by atoms with Gasteiger partial charge in [0.2, 0.25) is 0 Å². The molecule has 3 aromatic rings. The number of carboxylic acid groups (broad SMARTS) is 1. The monoisotopic (exact) mass is 413 g/mol. The minimum Gasteiger partial charge on any atom is -0.545 e. The highest BCUT2D eigenvalue weighted by molar-refractivity contribution is 6.22. The molecule has 3 amide bonds. The van der Waals surface area contributed by atoms with Crippen molar-refractivity contribution in [3.8, 4) is 0 Å². The smallest absolute Gasteiger partial charge is 0.261 e. The van der Waals surface area contributed by atoms with Gasteiger partial charge in [-0.15, -0.1) is 0 Å². The number of nitrogens with zero attached hydrogens (tertiary/aromatic N) is 1. The molecule has 0 fully saturated rings. The molecule has 0 saturated carbocycles. The van der Waals surface area contributed by atoms with Crippen molar-refractivity contribution >= 4 is 29.4 Å². The summed E-state index contributed by atoms with van der Waals surface area (Å²) >= 11 is 0. The van der Waals surface area contributed by atoms with Gasteiger partial charge in [-0.1, -0.05) is 42.5 Å². The lowest BCUT2D eigenvalue weighted by Gasteiger charge is -2.13. The summed E-state index contributed by atoms with van der Waals surface area (Å²) in [6.45, 7) is 1.71. The molecule has 1 heterocycles. The fourth-order valence-electron chi connectivity index (χ4n) is 3.53. The summed E-state index contributed by atoms with van der Waals surface area (Å²) in [4.78, 5) is 50.6. The van der Waals surface area contributed by atoms with Gasteiger partial charge in [0.15, 0.2) is 0 Å². The largest absolute Gasteiger partial charge is 0.545 e. The van der Waals surface area contributed by atoms with Crippen LogP contribution in [0.2, 0.25) is 0 Å². The molecule has 3 aromatic carbocycles. The first-order chi connectivity index (χ1) is 14.9. The van der Waals surface area contributed by atoms with E-state index in [1.807, 2.05) is 30.3 Å². The molecule has 1 aliphatic heterocycles. The summed E-state index contributed by atoms with van der Waals surface area (Å²) in [6.07, 6.45) is 0. The second-order valence-corrected chi connectivity index (χ2v) is 7.16. The second kappa shape index (κ2) is 7.87. The third-order valence-electron chi connectivity index (χ3n) is 5.22. The third kappa shape index (κ3) is 3.69. The van der Waals surface area contributed by atoms with Crippen LogP contribution in [0.1, 0.15) is 52.6 Å². The van der Waals surface area contributed by atoms with Gasteiger partial charge >= 0.3 is 0 Å². The molecule has 1 aliphatic rings. The number of hydrogen-bond donors (Lipinski definition) is 1. The van der Waals surface area contributed by atoms with Gasteiger partial charge in [-0.05, 0) is 42.3 Å². The van der Waals surface area contributed by atoms with Crippen LogP contribution in [-0.2, 0) is 6.54 Å². The minimum absolute atomic E-state index is 0.0240. The summed E-state index contributed by atoms with van der Waals surface area (Å²) in [7, 11) is 0. The predicted octanol–water partition coefficient (Wildman–Crippen LogP) is 2.41. The zero-order valence-electron chi connectivity index (χ0n) is 16.5. The number of aromatic carboxylic acids is 1. The van der Waals surface area contributed by atoms with E-state index in [1.54, 1.807) is 13.0 Å². The van der Waals surface area contributed by atoms with E-state index in [2.05, 4.69) is 5.32 Å². The molecule has 0 aromatic heterocycles. The molecule has 0 bridgehead atoms. The van der Waals surface area contributed by atoms with Crippen molar-refractivity contribution in [1.82, 2.24) is 4.90 Å².